The zero-order chi connectivity index (χ0) is 18.0. The number of benzene rings is 1. The van der Waals surface area contributed by atoms with Gasteiger partial charge in [-0.15, -0.1) is 0 Å². The first-order valence-electron chi connectivity index (χ1n) is 7.99. The number of carbonyl (C=O) groups excluding carboxylic acids is 1. The van der Waals surface area contributed by atoms with E-state index in [9.17, 15) is 18.0 Å². The second-order valence-corrected chi connectivity index (χ2v) is 6.93. The second-order valence-electron chi connectivity index (χ2n) is 6.05. The average molecular weight is 369 g/mol. The fourth-order valence-corrected chi connectivity index (χ4v) is 3.78. The van der Waals surface area contributed by atoms with E-state index in [-0.39, 0.29) is 11.4 Å². The smallest absolute Gasteiger partial charge is 0.275 e. The van der Waals surface area contributed by atoms with E-state index >= 15 is 0 Å². The number of anilines is 1. The number of aromatic nitrogens is 1. The van der Waals surface area contributed by atoms with Crippen LogP contribution >= 0.6 is 11.9 Å². The summed E-state index contributed by atoms with van der Waals surface area (Å²) in [5.41, 5.74) is -0.108. The summed E-state index contributed by atoms with van der Waals surface area (Å²) in [6.45, 7) is 0. The molecule has 2 aromatic rings. The third-order valence-corrected chi connectivity index (χ3v) is 5.13. The van der Waals surface area contributed by atoms with Gasteiger partial charge in [0.2, 0.25) is 0 Å². The Labute approximate surface area is 147 Å². The lowest BCUT2D eigenvalue weighted by Crippen LogP contribution is -2.18. The number of halogens is 3. The number of nitrogens with zero attached hydrogens (tertiary/aromatic N) is 1. The zero-order valence-electron chi connectivity index (χ0n) is 13.6. The van der Waals surface area contributed by atoms with Crippen LogP contribution in [0.25, 0.3) is 0 Å². The standard InChI is InChI=1S/C17H18F3N3OS/c1-23-9-14(25-22-10-4-2-3-5-10)15(20)16(23)17(24)21-11-6-7-12(18)13(19)8-11/h6-10,22H,2-5H2,1H3,(H,21,24). The van der Waals surface area contributed by atoms with E-state index < -0.39 is 23.4 Å². The highest BCUT2D eigenvalue weighted by atomic mass is 32.2. The van der Waals surface area contributed by atoms with E-state index in [0.29, 0.717) is 10.9 Å². The maximum absolute atomic E-state index is 14.6. The fraction of sp³-hybridized carbons (Fsp3) is 0.353. The Kier molecular flexibility index (Phi) is 5.39. The molecule has 0 aliphatic heterocycles. The lowest BCUT2D eigenvalue weighted by molar-refractivity contribution is 0.101. The van der Waals surface area contributed by atoms with Gasteiger partial charge in [0.15, 0.2) is 17.5 Å². The predicted molar refractivity (Wildman–Crippen MR) is 90.9 cm³/mol. The van der Waals surface area contributed by atoms with Crippen molar-refractivity contribution >= 4 is 23.5 Å². The van der Waals surface area contributed by atoms with E-state index in [1.54, 1.807) is 7.05 Å². The number of aryl methyl sites for hydroxylation is 1. The van der Waals surface area contributed by atoms with E-state index in [1.807, 2.05) is 0 Å². The van der Waals surface area contributed by atoms with Gasteiger partial charge in [-0.1, -0.05) is 12.8 Å². The molecule has 1 amide bonds. The molecule has 3 rings (SSSR count). The Morgan fingerprint density at radius 2 is 1.92 bits per heavy atom. The minimum absolute atomic E-state index is 0.0581. The molecule has 1 aliphatic carbocycles. The van der Waals surface area contributed by atoms with Crippen LogP contribution in [0.3, 0.4) is 0 Å². The van der Waals surface area contributed by atoms with E-state index in [1.165, 1.54) is 28.8 Å². The Bertz CT molecular complexity index is 788. The molecule has 4 nitrogen and oxygen atoms in total. The van der Waals surface area contributed by atoms with Crippen LogP contribution in [0.5, 0.6) is 0 Å². The highest BCUT2D eigenvalue weighted by Crippen LogP contribution is 2.27. The SMILES string of the molecule is Cn1cc(SNC2CCCC2)c(F)c1C(=O)Nc1ccc(F)c(F)c1. The van der Waals surface area contributed by atoms with Crippen LogP contribution < -0.4 is 10.0 Å². The van der Waals surface area contributed by atoms with Crippen LogP contribution in [0.4, 0.5) is 18.9 Å². The van der Waals surface area contributed by atoms with Gasteiger partial charge in [0.25, 0.3) is 5.91 Å². The molecule has 134 valence electrons. The van der Waals surface area contributed by atoms with Gasteiger partial charge >= 0.3 is 0 Å². The van der Waals surface area contributed by atoms with Crippen molar-refractivity contribution in [3.63, 3.8) is 0 Å². The minimum atomic E-state index is -1.08. The lowest BCUT2D eigenvalue weighted by Gasteiger charge is -2.09. The van der Waals surface area contributed by atoms with Crippen molar-refractivity contribution in [3.8, 4) is 0 Å². The Hall–Kier alpha value is -1.93. The van der Waals surface area contributed by atoms with Crippen molar-refractivity contribution in [2.75, 3.05) is 5.32 Å². The van der Waals surface area contributed by atoms with Crippen LogP contribution in [0.15, 0.2) is 29.3 Å². The topological polar surface area (TPSA) is 46.1 Å². The molecule has 1 aromatic heterocycles. The van der Waals surface area contributed by atoms with Crippen molar-refractivity contribution in [1.29, 1.82) is 0 Å². The molecule has 8 heteroatoms. The van der Waals surface area contributed by atoms with Gasteiger partial charge in [0.1, 0.15) is 5.69 Å². The van der Waals surface area contributed by atoms with E-state index in [4.69, 9.17) is 0 Å². The monoisotopic (exact) mass is 369 g/mol. The van der Waals surface area contributed by atoms with Crippen molar-refractivity contribution in [2.24, 2.45) is 7.05 Å². The minimum Gasteiger partial charge on any atom is -0.343 e. The van der Waals surface area contributed by atoms with Gasteiger partial charge in [-0.25, -0.2) is 13.2 Å². The highest BCUT2D eigenvalue weighted by molar-refractivity contribution is 7.97. The van der Waals surface area contributed by atoms with Crippen LogP contribution in [0.1, 0.15) is 36.2 Å². The molecule has 0 unspecified atom stereocenters. The largest absolute Gasteiger partial charge is 0.343 e. The van der Waals surface area contributed by atoms with Crippen LogP contribution in [0.2, 0.25) is 0 Å². The highest BCUT2D eigenvalue weighted by Gasteiger charge is 2.23. The normalized spacial score (nSPS) is 14.9. The summed E-state index contributed by atoms with van der Waals surface area (Å²) < 4.78 is 45.4. The maximum atomic E-state index is 14.6. The molecule has 1 heterocycles. The molecule has 1 aromatic carbocycles. The van der Waals surface area contributed by atoms with Gasteiger partial charge in [0, 0.05) is 31.0 Å². The molecule has 25 heavy (non-hydrogen) atoms. The molecular weight excluding hydrogens is 351 g/mol. The molecule has 2 N–H and O–H groups in total. The van der Waals surface area contributed by atoms with Gasteiger partial charge in [-0.05, 0) is 36.9 Å². The van der Waals surface area contributed by atoms with Crippen molar-refractivity contribution < 1.29 is 18.0 Å². The molecule has 1 fully saturated rings. The van der Waals surface area contributed by atoms with Crippen LogP contribution in [-0.4, -0.2) is 16.5 Å². The number of rotatable bonds is 5. The zero-order valence-corrected chi connectivity index (χ0v) is 14.4. The molecule has 0 atom stereocenters. The van der Waals surface area contributed by atoms with Crippen molar-refractivity contribution in [3.05, 3.63) is 47.5 Å². The first kappa shape index (κ1) is 17.9. The number of carbonyl (C=O) groups is 1. The summed E-state index contributed by atoms with van der Waals surface area (Å²) in [4.78, 5) is 12.6. The summed E-state index contributed by atoms with van der Waals surface area (Å²) >= 11 is 1.17. The molecule has 1 saturated carbocycles. The molecular formula is C17H18F3N3OS. The van der Waals surface area contributed by atoms with Crippen molar-refractivity contribution in [2.45, 2.75) is 36.6 Å². The number of amides is 1. The lowest BCUT2D eigenvalue weighted by atomic mass is 10.3. The van der Waals surface area contributed by atoms with E-state index in [2.05, 4.69) is 10.0 Å². The summed E-state index contributed by atoms with van der Waals surface area (Å²) in [6.07, 6.45) is 5.98. The Morgan fingerprint density at radius 1 is 1.20 bits per heavy atom. The quantitative estimate of drug-likeness (QED) is 0.775. The van der Waals surface area contributed by atoms with Gasteiger partial charge in [-0.2, -0.15) is 0 Å². The fourth-order valence-electron chi connectivity index (χ4n) is 2.85. The third kappa shape index (κ3) is 4.01. The second kappa shape index (κ2) is 7.53. The number of hydrogen-bond donors (Lipinski definition) is 2. The van der Waals surface area contributed by atoms with Crippen molar-refractivity contribution in [1.82, 2.24) is 9.29 Å². The van der Waals surface area contributed by atoms with Gasteiger partial charge < -0.3 is 9.88 Å². The average Bonchev–Trinajstić information content (AvgIpc) is 3.17. The van der Waals surface area contributed by atoms with Gasteiger partial charge in [0.05, 0.1) is 4.90 Å². The summed E-state index contributed by atoms with van der Waals surface area (Å²) in [6, 6.07) is 3.32. The predicted octanol–water partition coefficient (Wildman–Crippen LogP) is 4.23. The number of hydrogen-bond acceptors (Lipinski definition) is 3. The number of nitrogens with one attached hydrogen (secondary N) is 2. The first-order valence-corrected chi connectivity index (χ1v) is 8.81. The first-order chi connectivity index (χ1) is 12.0. The summed E-state index contributed by atoms with van der Waals surface area (Å²) in [5.74, 6) is -3.46. The molecule has 0 saturated heterocycles. The summed E-state index contributed by atoms with van der Waals surface area (Å²) in [5, 5.41) is 2.38. The molecule has 0 radical (unpaired) electrons. The van der Waals surface area contributed by atoms with Gasteiger partial charge in [-0.3, -0.25) is 9.52 Å². The maximum Gasteiger partial charge on any atom is 0.275 e. The van der Waals surface area contributed by atoms with Crippen LogP contribution in [-0.2, 0) is 7.05 Å². The third-order valence-electron chi connectivity index (χ3n) is 4.17. The Balaban J connectivity index is 1.72. The van der Waals surface area contributed by atoms with Crippen LogP contribution in [0, 0.1) is 17.5 Å². The Morgan fingerprint density at radius 3 is 2.60 bits per heavy atom. The summed E-state index contributed by atoms with van der Waals surface area (Å²) in [7, 11) is 1.56. The van der Waals surface area contributed by atoms with E-state index in [0.717, 1.165) is 37.8 Å². The molecule has 0 spiro atoms. The molecule has 0 bridgehead atoms. The molecule has 1 aliphatic rings.